The molecule has 160 valence electrons. The van der Waals surface area contributed by atoms with E-state index < -0.39 is 0 Å². The van der Waals surface area contributed by atoms with E-state index >= 15 is 0 Å². The lowest BCUT2D eigenvalue weighted by Crippen LogP contribution is -2.16. The van der Waals surface area contributed by atoms with Gasteiger partial charge in [0, 0.05) is 11.1 Å². The Kier molecular flexibility index (Phi) is 6.03. The quantitative estimate of drug-likeness (QED) is 0.435. The predicted octanol–water partition coefficient (Wildman–Crippen LogP) is 5.36. The van der Waals surface area contributed by atoms with E-state index in [-0.39, 0.29) is 11.8 Å². The van der Waals surface area contributed by atoms with Gasteiger partial charge >= 0.3 is 0 Å². The maximum absolute atomic E-state index is 13.1. The molecule has 0 spiro atoms. The Morgan fingerprint density at radius 2 is 0.938 bits per heavy atom. The monoisotopic (exact) mass is 426 g/mol. The molecule has 2 amide bonds. The molecule has 4 rings (SSSR count). The molecule has 0 heterocycles. The molecule has 0 saturated carbocycles. The molecule has 32 heavy (non-hydrogen) atoms. The van der Waals surface area contributed by atoms with Gasteiger partial charge < -0.3 is 20.1 Å². The van der Waals surface area contributed by atoms with Crippen LogP contribution in [0.4, 0.5) is 11.4 Å². The number of nitrogens with one attached hydrogen (secondary N) is 2. The van der Waals surface area contributed by atoms with Gasteiger partial charge in [-0.1, -0.05) is 48.5 Å². The fourth-order valence-corrected chi connectivity index (χ4v) is 3.57. The summed E-state index contributed by atoms with van der Waals surface area (Å²) < 4.78 is 10.6. The number of carbonyl (C=O) groups excluding carboxylic acids is 2. The van der Waals surface area contributed by atoms with Crippen LogP contribution in [-0.2, 0) is 0 Å². The number of carbonyl (C=O) groups is 2. The van der Waals surface area contributed by atoms with Crippen LogP contribution < -0.4 is 20.1 Å². The van der Waals surface area contributed by atoms with Crippen molar-refractivity contribution < 1.29 is 19.1 Å². The molecule has 4 aromatic rings. The molecule has 0 fully saturated rings. The molecule has 0 aliphatic heterocycles. The zero-order valence-corrected chi connectivity index (χ0v) is 17.7. The molecule has 0 aromatic heterocycles. The van der Waals surface area contributed by atoms with Crippen molar-refractivity contribution in [3.8, 4) is 11.5 Å². The van der Waals surface area contributed by atoms with Crippen molar-refractivity contribution in [3.63, 3.8) is 0 Å². The van der Waals surface area contributed by atoms with Gasteiger partial charge in [0.1, 0.15) is 11.5 Å². The number of fused-ring (bicyclic) bond motifs is 1. The van der Waals surface area contributed by atoms with E-state index in [0.717, 1.165) is 0 Å². The van der Waals surface area contributed by atoms with Gasteiger partial charge in [0.2, 0.25) is 0 Å². The molecule has 0 radical (unpaired) electrons. The van der Waals surface area contributed by atoms with Gasteiger partial charge in [-0.15, -0.1) is 0 Å². The fraction of sp³-hybridized carbons (Fsp3) is 0.0769. The van der Waals surface area contributed by atoms with Crippen molar-refractivity contribution in [1.82, 2.24) is 0 Å². The number of ether oxygens (including phenoxy) is 2. The van der Waals surface area contributed by atoms with E-state index in [4.69, 9.17) is 9.47 Å². The Bertz CT molecular complexity index is 1200. The van der Waals surface area contributed by atoms with Gasteiger partial charge in [-0.2, -0.15) is 0 Å². The highest BCUT2D eigenvalue weighted by atomic mass is 16.5. The van der Waals surface area contributed by atoms with E-state index in [9.17, 15) is 9.59 Å². The number of rotatable bonds is 6. The zero-order valence-electron chi connectivity index (χ0n) is 17.7. The molecule has 0 aliphatic rings. The van der Waals surface area contributed by atoms with E-state index in [2.05, 4.69) is 10.6 Å². The van der Waals surface area contributed by atoms with Crippen LogP contribution in [0.25, 0.3) is 10.8 Å². The molecule has 0 unspecified atom stereocenters. The third kappa shape index (κ3) is 4.11. The Morgan fingerprint density at radius 3 is 1.34 bits per heavy atom. The van der Waals surface area contributed by atoms with Gasteiger partial charge in [0.15, 0.2) is 0 Å². The standard InChI is InChI=1S/C26H22N2O4/c1-31-23-13-7-5-11-21(23)27-25(29)19-15-16-20(18-10-4-3-9-17(18)19)26(30)28-22-12-6-8-14-24(22)32-2/h3-16H,1-2H3,(H,27,29)(H,28,30). The predicted molar refractivity (Wildman–Crippen MR) is 126 cm³/mol. The molecular formula is C26H22N2O4. The van der Waals surface area contributed by atoms with Gasteiger partial charge in [-0.3, -0.25) is 9.59 Å². The largest absolute Gasteiger partial charge is 0.495 e. The zero-order chi connectivity index (χ0) is 22.5. The van der Waals surface area contributed by atoms with E-state index in [0.29, 0.717) is 44.8 Å². The summed E-state index contributed by atoms with van der Waals surface area (Å²) in [5.74, 6) is 0.556. The van der Waals surface area contributed by atoms with E-state index in [1.165, 1.54) is 0 Å². The number of para-hydroxylation sites is 4. The number of benzene rings is 4. The van der Waals surface area contributed by atoms with E-state index in [1.807, 2.05) is 48.5 Å². The Hall–Kier alpha value is -4.32. The molecule has 0 atom stereocenters. The Labute approximate surface area is 185 Å². The van der Waals surface area contributed by atoms with Gasteiger partial charge in [0.05, 0.1) is 25.6 Å². The van der Waals surface area contributed by atoms with Crippen LogP contribution in [0.5, 0.6) is 11.5 Å². The smallest absolute Gasteiger partial charge is 0.256 e. The van der Waals surface area contributed by atoms with Crippen LogP contribution >= 0.6 is 0 Å². The van der Waals surface area contributed by atoms with Crippen LogP contribution in [0.3, 0.4) is 0 Å². The van der Waals surface area contributed by atoms with Gasteiger partial charge in [-0.25, -0.2) is 0 Å². The lowest BCUT2D eigenvalue weighted by atomic mass is 9.98. The lowest BCUT2D eigenvalue weighted by Gasteiger charge is -2.14. The first-order valence-corrected chi connectivity index (χ1v) is 10.0. The van der Waals surface area contributed by atoms with Crippen molar-refractivity contribution in [1.29, 1.82) is 0 Å². The maximum Gasteiger partial charge on any atom is 0.256 e. The van der Waals surface area contributed by atoms with Crippen molar-refractivity contribution in [2.24, 2.45) is 0 Å². The first-order valence-electron chi connectivity index (χ1n) is 10.0. The van der Waals surface area contributed by atoms with E-state index in [1.54, 1.807) is 50.6 Å². The second-order valence-electron chi connectivity index (χ2n) is 7.02. The van der Waals surface area contributed by atoms with Crippen LogP contribution in [0.2, 0.25) is 0 Å². The van der Waals surface area contributed by atoms with Gasteiger partial charge in [0.25, 0.3) is 11.8 Å². The fourth-order valence-electron chi connectivity index (χ4n) is 3.57. The highest BCUT2D eigenvalue weighted by Gasteiger charge is 2.18. The average Bonchev–Trinajstić information content (AvgIpc) is 2.83. The lowest BCUT2D eigenvalue weighted by molar-refractivity contribution is 0.101. The van der Waals surface area contributed by atoms with Crippen LogP contribution in [0.15, 0.2) is 84.9 Å². The maximum atomic E-state index is 13.1. The van der Waals surface area contributed by atoms with Crippen LogP contribution in [0, 0.1) is 0 Å². The SMILES string of the molecule is COc1ccccc1NC(=O)c1ccc(C(=O)Nc2ccccc2OC)c2ccccc12. The van der Waals surface area contributed by atoms with Crippen LogP contribution in [-0.4, -0.2) is 26.0 Å². The first kappa shape index (κ1) is 20.9. The highest BCUT2D eigenvalue weighted by molar-refractivity contribution is 6.19. The summed E-state index contributed by atoms with van der Waals surface area (Å²) in [6, 6.07) is 25.0. The second kappa shape index (κ2) is 9.22. The van der Waals surface area contributed by atoms with Crippen molar-refractivity contribution >= 4 is 34.0 Å². The molecule has 0 aliphatic carbocycles. The first-order chi connectivity index (χ1) is 15.6. The minimum absolute atomic E-state index is 0.289. The number of hydrogen-bond donors (Lipinski definition) is 2. The van der Waals surface area contributed by atoms with Crippen molar-refractivity contribution in [2.45, 2.75) is 0 Å². The molecule has 6 heteroatoms. The number of methoxy groups -OCH3 is 2. The highest BCUT2D eigenvalue weighted by Crippen LogP contribution is 2.29. The summed E-state index contributed by atoms with van der Waals surface area (Å²) in [4.78, 5) is 26.1. The minimum Gasteiger partial charge on any atom is -0.495 e. The molecule has 0 bridgehead atoms. The van der Waals surface area contributed by atoms with Gasteiger partial charge in [-0.05, 0) is 47.2 Å². The Morgan fingerprint density at radius 1 is 0.562 bits per heavy atom. The topological polar surface area (TPSA) is 76.7 Å². The summed E-state index contributed by atoms with van der Waals surface area (Å²) in [6.45, 7) is 0. The molecule has 4 aromatic carbocycles. The summed E-state index contributed by atoms with van der Waals surface area (Å²) in [7, 11) is 3.10. The normalized spacial score (nSPS) is 10.4. The third-order valence-electron chi connectivity index (χ3n) is 5.12. The minimum atomic E-state index is -0.289. The number of hydrogen-bond acceptors (Lipinski definition) is 4. The van der Waals surface area contributed by atoms with Crippen molar-refractivity contribution in [3.05, 3.63) is 96.1 Å². The molecular weight excluding hydrogens is 404 g/mol. The number of anilines is 2. The summed E-state index contributed by atoms with van der Waals surface area (Å²) in [5.41, 5.74) is 2.06. The second-order valence-corrected chi connectivity index (χ2v) is 7.02. The van der Waals surface area contributed by atoms with Crippen LogP contribution in [0.1, 0.15) is 20.7 Å². The summed E-state index contributed by atoms with van der Waals surface area (Å²) in [5, 5.41) is 7.13. The Balaban J connectivity index is 1.68. The molecule has 6 nitrogen and oxygen atoms in total. The summed E-state index contributed by atoms with van der Waals surface area (Å²) in [6.07, 6.45) is 0. The average molecular weight is 426 g/mol. The third-order valence-corrected chi connectivity index (χ3v) is 5.12. The molecule has 0 saturated heterocycles. The summed E-state index contributed by atoms with van der Waals surface area (Å²) >= 11 is 0. The van der Waals surface area contributed by atoms with Crippen molar-refractivity contribution in [2.75, 3.05) is 24.9 Å². The molecule has 2 N–H and O–H groups in total. The number of amides is 2.